The molecule has 2 aromatic rings. The van der Waals surface area contributed by atoms with Crippen LogP contribution >= 0.6 is 0 Å². The lowest BCUT2D eigenvalue weighted by molar-refractivity contribution is 0.357. The molecule has 0 radical (unpaired) electrons. The minimum atomic E-state index is 0.674. The molecule has 2 atom stereocenters. The molecule has 2 unspecified atom stereocenters. The molecule has 2 aromatic heterocycles. The first kappa shape index (κ1) is 23.3. The minimum absolute atomic E-state index is 0.674. The summed E-state index contributed by atoms with van der Waals surface area (Å²) in [5.41, 5.74) is 0. The highest BCUT2D eigenvalue weighted by atomic mass is 15.3. The fourth-order valence-electron chi connectivity index (χ4n) is 2.67. The molecule has 0 bridgehead atoms. The highest BCUT2D eigenvalue weighted by Crippen LogP contribution is 2.15. The Morgan fingerprint density at radius 3 is 1.41 bits per heavy atom. The van der Waals surface area contributed by atoms with Gasteiger partial charge in [0.15, 0.2) is 0 Å². The van der Waals surface area contributed by atoms with Crippen LogP contribution in [0.3, 0.4) is 0 Å². The summed E-state index contributed by atoms with van der Waals surface area (Å²) in [7, 11) is 0. The van der Waals surface area contributed by atoms with Crippen molar-refractivity contribution in [3.05, 3.63) is 23.3 Å². The highest BCUT2D eigenvalue weighted by molar-refractivity contribution is 4.94. The number of hydrogen-bond acceptors (Lipinski definition) is 4. The zero-order valence-corrected chi connectivity index (χ0v) is 19.1. The monoisotopic (exact) mass is 376 g/mol. The van der Waals surface area contributed by atoms with E-state index in [4.69, 9.17) is 0 Å². The van der Waals surface area contributed by atoms with Crippen LogP contribution in [0.2, 0.25) is 0 Å². The van der Waals surface area contributed by atoms with Crippen LogP contribution in [0.25, 0.3) is 0 Å². The summed E-state index contributed by atoms with van der Waals surface area (Å²) < 4.78 is 4.43. The maximum Gasteiger partial charge on any atom is 0.132 e. The first-order valence-corrected chi connectivity index (χ1v) is 10.3. The van der Waals surface area contributed by atoms with Gasteiger partial charge in [-0.05, 0) is 44.4 Å². The van der Waals surface area contributed by atoms with Crippen molar-refractivity contribution in [2.45, 2.75) is 88.7 Å². The van der Waals surface area contributed by atoms with E-state index in [0.29, 0.717) is 23.7 Å². The van der Waals surface area contributed by atoms with Gasteiger partial charge in [0.2, 0.25) is 0 Å². The smallest absolute Gasteiger partial charge is 0.132 e. The molecule has 0 N–H and O–H groups in total. The van der Waals surface area contributed by atoms with Gasteiger partial charge in [-0.3, -0.25) is 0 Å². The van der Waals surface area contributed by atoms with Crippen LogP contribution in [-0.2, 0) is 19.5 Å². The number of rotatable bonds is 7. The summed E-state index contributed by atoms with van der Waals surface area (Å²) in [5, 5.41) is 16.4. The van der Waals surface area contributed by atoms with Crippen molar-refractivity contribution >= 4 is 0 Å². The molecule has 6 nitrogen and oxygen atoms in total. The normalized spacial score (nSPS) is 13.6. The summed E-state index contributed by atoms with van der Waals surface area (Å²) in [6.45, 7) is 23.8. The van der Waals surface area contributed by atoms with Gasteiger partial charge < -0.3 is 9.13 Å². The first-order valence-electron chi connectivity index (χ1n) is 10.3. The third-order valence-corrected chi connectivity index (χ3v) is 5.67. The Bertz CT molecular complexity index is 663. The largest absolute Gasteiger partial charge is 0.315 e. The summed E-state index contributed by atoms with van der Waals surface area (Å²) in [6.07, 6.45) is 0.964. The van der Waals surface area contributed by atoms with Crippen molar-refractivity contribution in [3.63, 3.8) is 0 Å². The van der Waals surface area contributed by atoms with Gasteiger partial charge in [-0.15, -0.1) is 20.4 Å². The van der Waals surface area contributed by atoms with Crippen molar-refractivity contribution in [1.29, 1.82) is 0 Å². The van der Waals surface area contributed by atoms with Gasteiger partial charge in [0.25, 0.3) is 0 Å². The molecule has 0 aliphatic rings. The molecule has 0 amide bonds. The molecule has 0 aliphatic carbocycles. The van der Waals surface area contributed by atoms with Gasteiger partial charge in [0.1, 0.15) is 23.3 Å². The molecular weight excluding hydrogens is 336 g/mol. The summed E-state index contributed by atoms with van der Waals surface area (Å²) >= 11 is 0. The molecule has 2 heterocycles. The second-order valence-electron chi connectivity index (χ2n) is 8.48. The van der Waals surface area contributed by atoms with E-state index in [-0.39, 0.29) is 0 Å². The van der Waals surface area contributed by atoms with Gasteiger partial charge >= 0.3 is 0 Å². The molecule has 0 fully saturated rings. The molecule has 6 heteroatoms. The molecule has 27 heavy (non-hydrogen) atoms. The van der Waals surface area contributed by atoms with Crippen LogP contribution in [0.4, 0.5) is 0 Å². The molecule has 0 saturated heterocycles. The fourth-order valence-corrected chi connectivity index (χ4v) is 2.67. The molecular formula is C21H40N6. The van der Waals surface area contributed by atoms with Crippen LogP contribution < -0.4 is 0 Å². The van der Waals surface area contributed by atoms with Gasteiger partial charge in [-0.1, -0.05) is 48.5 Å². The van der Waals surface area contributed by atoms with E-state index in [0.717, 1.165) is 42.8 Å². The predicted molar refractivity (Wildman–Crippen MR) is 112 cm³/mol. The van der Waals surface area contributed by atoms with Gasteiger partial charge in [0, 0.05) is 19.5 Å². The van der Waals surface area contributed by atoms with Crippen LogP contribution in [-0.4, -0.2) is 29.5 Å². The van der Waals surface area contributed by atoms with Crippen LogP contribution in [0, 0.1) is 44.4 Å². The lowest BCUT2D eigenvalue weighted by atomic mass is 9.98. The Hall–Kier alpha value is -1.72. The van der Waals surface area contributed by atoms with Crippen LogP contribution in [0.5, 0.6) is 0 Å². The third kappa shape index (κ3) is 6.74. The van der Waals surface area contributed by atoms with Gasteiger partial charge in [-0.25, -0.2) is 0 Å². The Labute approximate surface area is 165 Å². The van der Waals surface area contributed by atoms with E-state index in [1.165, 1.54) is 0 Å². The van der Waals surface area contributed by atoms with Crippen molar-refractivity contribution in [3.8, 4) is 0 Å². The predicted octanol–water partition coefficient (Wildman–Crippen LogP) is 4.63. The SMILES string of the molecule is CCc1nnc(C)n1CC(C)C(C)C.Cc1nnc(C)n1CC(C)C(C)C. The molecule has 0 spiro atoms. The lowest BCUT2D eigenvalue weighted by Crippen LogP contribution is -2.16. The van der Waals surface area contributed by atoms with E-state index in [1.807, 2.05) is 20.8 Å². The summed E-state index contributed by atoms with van der Waals surface area (Å²) in [5.74, 6) is 6.95. The van der Waals surface area contributed by atoms with E-state index in [2.05, 4.69) is 78.0 Å². The minimum Gasteiger partial charge on any atom is -0.315 e. The second kappa shape index (κ2) is 10.6. The van der Waals surface area contributed by atoms with E-state index in [1.54, 1.807) is 0 Å². The molecule has 154 valence electrons. The first-order chi connectivity index (χ1) is 12.6. The zero-order valence-electron chi connectivity index (χ0n) is 19.1. The van der Waals surface area contributed by atoms with Crippen molar-refractivity contribution < 1.29 is 0 Å². The number of aromatic nitrogens is 6. The fraction of sp³-hybridized carbons (Fsp3) is 0.810. The van der Waals surface area contributed by atoms with E-state index in [9.17, 15) is 0 Å². The quantitative estimate of drug-likeness (QED) is 0.707. The molecule has 2 rings (SSSR count). The maximum atomic E-state index is 4.16. The Kier molecular flexibility index (Phi) is 9.13. The topological polar surface area (TPSA) is 61.4 Å². The maximum absolute atomic E-state index is 4.16. The van der Waals surface area contributed by atoms with Crippen LogP contribution in [0.15, 0.2) is 0 Å². The zero-order chi connectivity index (χ0) is 20.7. The van der Waals surface area contributed by atoms with Crippen molar-refractivity contribution in [2.75, 3.05) is 0 Å². The number of nitrogens with zero attached hydrogens (tertiary/aromatic N) is 6. The molecule has 0 saturated carbocycles. The summed E-state index contributed by atoms with van der Waals surface area (Å²) in [4.78, 5) is 0. The summed E-state index contributed by atoms with van der Waals surface area (Å²) in [6, 6.07) is 0. The van der Waals surface area contributed by atoms with E-state index >= 15 is 0 Å². The van der Waals surface area contributed by atoms with E-state index < -0.39 is 0 Å². The standard InChI is InChI=1S/C11H21N3.C10H19N3/c1-6-11-13-12-10(5)14(11)7-9(4)8(2)3;1-7(2)8(3)6-13-9(4)11-12-10(13)5/h8-9H,6-7H2,1-5H3;7-8H,6H2,1-5H3. The average molecular weight is 377 g/mol. The van der Waals surface area contributed by atoms with Crippen LogP contribution in [0.1, 0.15) is 71.8 Å². The average Bonchev–Trinajstić information content (AvgIpc) is 3.12. The number of aryl methyl sites for hydroxylation is 4. The molecule has 0 aliphatic heterocycles. The van der Waals surface area contributed by atoms with Gasteiger partial charge in [-0.2, -0.15) is 0 Å². The lowest BCUT2D eigenvalue weighted by Gasteiger charge is -2.17. The Balaban J connectivity index is 0.000000271. The van der Waals surface area contributed by atoms with Gasteiger partial charge in [0.05, 0.1) is 0 Å². The Morgan fingerprint density at radius 1 is 0.630 bits per heavy atom. The molecule has 0 aromatic carbocycles. The highest BCUT2D eigenvalue weighted by Gasteiger charge is 2.13. The van der Waals surface area contributed by atoms with Crippen molar-refractivity contribution in [2.24, 2.45) is 23.7 Å². The number of hydrogen-bond donors (Lipinski definition) is 0. The second-order valence-corrected chi connectivity index (χ2v) is 8.48. The van der Waals surface area contributed by atoms with Crippen molar-refractivity contribution in [1.82, 2.24) is 29.5 Å². The third-order valence-electron chi connectivity index (χ3n) is 5.67. The Morgan fingerprint density at radius 2 is 1.00 bits per heavy atom.